The summed E-state index contributed by atoms with van der Waals surface area (Å²) >= 11 is 7.18. The third-order valence-electron chi connectivity index (χ3n) is 2.43. The van der Waals surface area contributed by atoms with E-state index in [0.29, 0.717) is 12.4 Å². The zero-order valence-electron chi connectivity index (χ0n) is 9.30. The Kier molecular flexibility index (Phi) is 4.34. The highest BCUT2D eigenvalue weighted by atomic mass is 35.5. The van der Waals surface area contributed by atoms with Crippen molar-refractivity contribution < 1.29 is 0 Å². The number of hydrogen-bond acceptors (Lipinski definition) is 3. The van der Waals surface area contributed by atoms with Gasteiger partial charge in [0.1, 0.15) is 0 Å². The third kappa shape index (κ3) is 3.17. The molecule has 2 rings (SSSR count). The summed E-state index contributed by atoms with van der Waals surface area (Å²) in [6, 6.07) is 5.80. The Bertz CT molecular complexity index is 522. The number of aryl methyl sites for hydroxylation is 1. The van der Waals surface area contributed by atoms with Gasteiger partial charge in [-0.15, -0.1) is 22.9 Å². The summed E-state index contributed by atoms with van der Waals surface area (Å²) in [4.78, 5) is 16.9. The molecule has 0 radical (unpaired) electrons. The number of hydrogen-bond donors (Lipinski definition) is 0. The summed E-state index contributed by atoms with van der Waals surface area (Å²) < 4.78 is 1.63. The lowest BCUT2D eigenvalue weighted by Crippen LogP contribution is -2.22. The van der Waals surface area contributed by atoms with Crippen molar-refractivity contribution in [3.05, 3.63) is 40.3 Å². The lowest BCUT2D eigenvalue weighted by atomic mass is 10.3. The first kappa shape index (κ1) is 12.3. The molecule has 90 valence electrons. The van der Waals surface area contributed by atoms with Crippen LogP contribution in [0, 0.1) is 0 Å². The van der Waals surface area contributed by atoms with Crippen molar-refractivity contribution in [3.63, 3.8) is 0 Å². The summed E-state index contributed by atoms with van der Waals surface area (Å²) in [6.07, 6.45) is 3.63. The average Bonchev–Trinajstić information content (AvgIpc) is 2.85. The van der Waals surface area contributed by atoms with Gasteiger partial charge < -0.3 is 0 Å². The van der Waals surface area contributed by atoms with Crippen LogP contribution in [-0.4, -0.2) is 15.4 Å². The second-order valence-corrected chi connectivity index (χ2v) is 4.99. The normalized spacial score (nSPS) is 10.6. The summed E-state index contributed by atoms with van der Waals surface area (Å²) in [5.41, 5.74) is 0.559. The number of alkyl halides is 1. The van der Waals surface area contributed by atoms with Crippen molar-refractivity contribution in [3.8, 4) is 10.6 Å². The van der Waals surface area contributed by atoms with E-state index in [1.54, 1.807) is 22.1 Å². The Morgan fingerprint density at radius 3 is 2.88 bits per heavy atom. The first-order chi connectivity index (χ1) is 8.31. The van der Waals surface area contributed by atoms with Crippen LogP contribution < -0.4 is 5.69 Å². The maximum Gasteiger partial charge on any atom is 0.348 e. The second-order valence-electron chi connectivity index (χ2n) is 3.66. The van der Waals surface area contributed by atoms with Crippen LogP contribution in [0.15, 0.2) is 34.6 Å². The fraction of sp³-hybridized carbons (Fsp3) is 0.333. The van der Waals surface area contributed by atoms with Gasteiger partial charge in [0.05, 0.1) is 10.6 Å². The molecule has 0 bridgehead atoms. The van der Waals surface area contributed by atoms with Crippen molar-refractivity contribution in [1.82, 2.24) is 9.55 Å². The largest absolute Gasteiger partial charge is 0.348 e. The molecule has 0 saturated carbocycles. The summed E-state index contributed by atoms with van der Waals surface area (Å²) in [5.74, 6) is 0.634. The Balaban J connectivity index is 2.15. The van der Waals surface area contributed by atoms with Gasteiger partial charge in [0.15, 0.2) is 0 Å². The molecule has 0 saturated heterocycles. The van der Waals surface area contributed by atoms with Gasteiger partial charge in [-0.3, -0.25) is 4.57 Å². The van der Waals surface area contributed by atoms with E-state index >= 15 is 0 Å². The molecule has 0 unspecified atom stereocenters. The van der Waals surface area contributed by atoms with Gasteiger partial charge in [-0.2, -0.15) is 4.98 Å². The maximum absolute atomic E-state index is 11.8. The van der Waals surface area contributed by atoms with Crippen LogP contribution in [0.5, 0.6) is 0 Å². The minimum absolute atomic E-state index is 0.189. The predicted molar refractivity (Wildman–Crippen MR) is 71.8 cm³/mol. The Morgan fingerprint density at radius 2 is 2.24 bits per heavy atom. The van der Waals surface area contributed by atoms with Gasteiger partial charge in [-0.1, -0.05) is 6.07 Å². The molecule has 0 N–H and O–H groups in total. The molecule has 5 heteroatoms. The predicted octanol–water partition coefficient (Wildman–Crippen LogP) is 2.99. The molecular weight excluding hydrogens is 256 g/mol. The van der Waals surface area contributed by atoms with Crippen molar-refractivity contribution >= 4 is 22.9 Å². The van der Waals surface area contributed by atoms with E-state index in [2.05, 4.69) is 4.98 Å². The molecule has 0 fully saturated rings. The van der Waals surface area contributed by atoms with Crippen LogP contribution in [0.4, 0.5) is 0 Å². The molecule has 0 aliphatic heterocycles. The molecule has 0 spiro atoms. The number of nitrogens with zero attached hydrogens (tertiary/aromatic N) is 2. The molecule has 0 aliphatic rings. The van der Waals surface area contributed by atoms with Gasteiger partial charge >= 0.3 is 5.69 Å². The highest BCUT2D eigenvalue weighted by Gasteiger charge is 2.03. The molecule has 2 heterocycles. The lowest BCUT2D eigenvalue weighted by molar-refractivity contribution is 0.602. The minimum atomic E-state index is -0.189. The van der Waals surface area contributed by atoms with E-state index in [1.807, 2.05) is 23.6 Å². The third-order valence-corrected chi connectivity index (χ3v) is 3.59. The summed E-state index contributed by atoms with van der Waals surface area (Å²) in [6.45, 7) is 0.684. The first-order valence-electron chi connectivity index (χ1n) is 5.48. The van der Waals surface area contributed by atoms with Crippen molar-refractivity contribution in [2.45, 2.75) is 19.4 Å². The van der Waals surface area contributed by atoms with Crippen molar-refractivity contribution in [2.24, 2.45) is 0 Å². The van der Waals surface area contributed by atoms with E-state index in [1.165, 1.54) is 0 Å². The van der Waals surface area contributed by atoms with E-state index < -0.39 is 0 Å². The summed E-state index contributed by atoms with van der Waals surface area (Å²) in [7, 11) is 0. The molecule has 2 aromatic rings. The van der Waals surface area contributed by atoms with E-state index in [0.717, 1.165) is 23.4 Å². The van der Waals surface area contributed by atoms with Crippen LogP contribution in [0.3, 0.4) is 0 Å². The minimum Gasteiger partial charge on any atom is -0.299 e. The molecule has 17 heavy (non-hydrogen) atoms. The van der Waals surface area contributed by atoms with E-state index in [4.69, 9.17) is 11.6 Å². The summed E-state index contributed by atoms with van der Waals surface area (Å²) in [5, 5.41) is 1.98. The Hall–Kier alpha value is -1.13. The quantitative estimate of drug-likeness (QED) is 0.617. The highest BCUT2D eigenvalue weighted by Crippen LogP contribution is 2.20. The number of thiophene rings is 1. The zero-order valence-corrected chi connectivity index (χ0v) is 10.9. The lowest BCUT2D eigenvalue weighted by Gasteiger charge is -2.04. The van der Waals surface area contributed by atoms with Gasteiger partial charge in [0.25, 0.3) is 0 Å². The molecule has 0 aliphatic carbocycles. The molecule has 2 aromatic heterocycles. The average molecular weight is 269 g/mol. The fourth-order valence-corrected chi connectivity index (χ4v) is 2.42. The van der Waals surface area contributed by atoms with E-state index in [-0.39, 0.29) is 5.69 Å². The SMILES string of the molecule is O=c1nc(-c2cccs2)ccn1CCCCCl. The number of unbranched alkanes of at least 4 members (excludes halogenated alkanes) is 1. The smallest absolute Gasteiger partial charge is 0.299 e. The number of rotatable bonds is 5. The molecule has 0 amide bonds. The maximum atomic E-state index is 11.8. The highest BCUT2D eigenvalue weighted by molar-refractivity contribution is 7.13. The van der Waals surface area contributed by atoms with Gasteiger partial charge in [-0.25, -0.2) is 4.79 Å². The standard InChI is InChI=1S/C12H13ClN2OS/c13-6-1-2-7-15-8-5-10(14-12(15)16)11-4-3-9-17-11/h3-5,8-9H,1-2,6-7H2. The van der Waals surface area contributed by atoms with Crippen LogP contribution in [-0.2, 0) is 6.54 Å². The molecule has 0 atom stereocenters. The monoisotopic (exact) mass is 268 g/mol. The Morgan fingerprint density at radius 1 is 1.35 bits per heavy atom. The topological polar surface area (TPSA) is 34.9 Å². The van der Waals surface area contributed by atoms with E-state index in [9.17, 15) is 4.79 Å². The molecule has 0 aromatic carbocycles. The zero-order chi connectivity index (χ0) is 12.1. The Labute approximate surface area is 109 Å². The van der Waals surface area contributed by atoms with Crippen molar-refractivity contribution in [2.75, 3.05) is 5.88 Å². The van der Waals surface area contributed by atoms with Crippen LogP contribution in [0.25, 0.3) is 10.6 Å². The molecule has 3 nitrogen and oxygen atoms in total. The van der Waals surface area contributed by atoms with Gasteiger partial charge in [-0.05, 0) is 30.4 Å². The van der Waals surface area contributed by atoms with Crippen LogP contribution in [0.2, 0.25) is 0 Å². The second kappa shape index (κ2) is 5.98. The first-order valence-corrected chi connectivity index (χ1v) is 6.90. The van der Waals surface area contributed by atoms with Gasteiger partial charge in [0, 0.05) is 18.6 Å². The van der Waals surface area contributed by atoms with Crippen LogP contribution >= 0.6 is 22.9 Å². The number of halogens is 1. The number of aromatic nitrogens is 2. The van der Waals surface area contributed by atoms with Crippen molar-refractivity contribution in [1.29, 1.82) is 0 Å². The van der Waals surface area contributed by atoms with Crippen LogP contribution in [0.1, 0.15) is 12.8 Å². The fourth-order valence-electron chi connectivity index (χ4n) is 1.54. The molecular formula is C12H13ClN2OS. The van der Waals surface area contributed by atoms with Gasteiger partial charge in [0.2, 0.25) is 0 Å².